The highest BCUT2D eigenvalue weighted by Gasteiger charge is 2.20. The molecular formula is C17H30N2O3. The van der Waals surface area contributed by atoms with Gasteiger partial charge in [0.15, 0.2) is 0 Å². The second kappa shape index (κ2) is 8.83. The van der Waals surface area contributed by atoms with Crippen molar-refractivity contribution in [3.05, 3.63) is 24.2 Å². The number of carbonyl (C=O) groups excluding carboxylic acids is 1. The molecule has 0 bridgehead atoms. The molecule has 22 heavy (non-hydrogen) atoms. The normalized spacial score (nSPS) is 13.0. The molecule has 0 aliphatic rings. The van der Waals surface area contributed by atoms with Gasteiger partial charge < -0.3 is 19.4 Å². The van der Waals surface area contributed by atoms with Gasteiger partial charge in [0.25, 0.3) is 0 Å². The summed E-state index contributed by atoms with van der Waals surface area (Å²) in [5.74, 6) is 0.990. The Balaban J connectivity index is 2.22. The number of carbonyl (C=O) groups is 1. The first-order valence-electron chi connectivity index (χ1n) is 8.05. The van der Waals surface area contributed by atoms with E-state index < -0.39 is 5.60 Å². The molecule has 0 fully saturated rings. The molecule has 5 heteroatoms. The molecule has 5 nitrogen and oxygen atoms in total. The summed E-state index contributed by atoms with van der Waals surface area (Å²) in [6.45, 7) is 12.0. The first kappa shape index (κ1) is 18.6. The van der Waals surface area contributed by atoms with Crippen molar-refractivity contribution < 1.29 is 13.9 Å². The van der Waals surface area contributed by atoms with Crippen LogP contribution >= 0.6 is 0 Å². The fourth-order valence-corrected chi connectivity index (χ4v) is 2.13. The zero-order valence-corrected chi connectivity index (χ0v) is 14.5. The molecule has 1 amide bonds. The van der Waals surface area contributed by atoms with Crippen LogP contribution in [0.15, 0.2) is 22.8 Å². The van der Waals surface area contributed by atoms with Crippen LogP contribution in [0.4, 0.5) is 4.79 Å². The van der Waals surface area contributed by atoms with Crippen molar-refractivity contribution in [3.63, 3.8) is 0 Å². The molecule has 1 aromatic rings. The standard InChI is InChI=1S/C17H30N2O3/c1-6-19(16(20)22-17(3,4)5)11-8-10-18-14(2)13-15-9-7-12-21-15/h7,9,12,14,18H,6,8,10-11,13H2,1-5H3. The zero-order chi connectivity index (χ0) is 16.6. The van der Waals surface area contributed by atoms with Gasteiger partial charge in [0.2, 0.25) is 0 Å². The number of furan rings is 1. The first-order valence-corrected chi connectivity index (χ1v) is 8.05. The van der Waals surface area contributed by atoms with Gasteiger partial charge in [-0.1, -0.05) is 0 Å². The Kier molecular flexibility index (Phi) is 7.45. The molecule has 0 aliphatic heterocycles. The molecular weight excluding hydrogens is 280 g/mol. The van der Waals surface area contributed by atoms with Crippen molar-refractivity contribution in [2.24, 2.45) is 0 Å². The van der Waals surface area contributed by atoms with Crippen LogP contribution in [0.5, 0.6) is 0 Å². The molecule has 1 N–H and O–H groups in total. The smallest absolute Gasteiger partial charge is 0.410 e. The highest BCUT2D eigenvalue weighted by atomic mass is 16.6. The second-order valence-corrected chi connectivity index (χ2v) is 6.55. The summed E-state index contributed by atoms with van der Waals surface area (Å²) >= 11 is 0. The average Bonchev–Trinajstić information content (AvgIpc) is 2.89. The Bertz CT molecular complexity index is 424. The Morgan fingerprint density at radius 1 is 1.45 bits per heavy atom. The minimum Gasteiger partial charge on any atom is -0.469 e. The predicted octanol–water partition coefficient (Wildman–Crippen LogP) is 3.45. The van der Waals surface area contributed by atoms with E-state index in [1.165, 1.54) is 0 Å². The Hall–Kier alpha value is -1.49. The van der Waals surface area contributed by atoms with Gasteiger partial charge in [-0.15, -0.1) is 0 Å². The molecule has 0 aromatic carbocycles. The van der Waals surface area contributed by atoms with Gasteiger partial charge in [-0.3, -0.25) is 0 Å². The van der Waals surface area contributed by atoms with Crippen molar-refractivity contribution in [1.82, 2.24) is 10.2 Å². The van der Waals surface area contributed by atoms with Crippen LogP contribution in [-0.4, -0.2) is 42.3 Å². The number of amides is 1. The second-order valence-electron chi connectivity index (χ2n) is 6.55. The van der Waals surface area contributed by atoms with Crippen molar-refractivity contribution in [2.75, 3.05) is 19.6 Å². The lowest BCUT2D eigenvalue weighted by molar-refractivity contribution is 0.0258. The van der Waals surface area contributed by atoms with Crippen LogP contribution in [-0.2, 0) is 11.2 Å². The van der Waals surface area contributed by atoms with E-state index in [-0.39, 0.29) is 6.09 Å². The summed E-state index contributed by atoms with van der Waals surface area (Å²) in [6.07, 6.45) is 3.23. The lowest BCUT2D eigenvalue weighted by atomic mass is 10.2. The van der Waals surface area contributed by atoms with Gasteiger partial charge >= 0.3 is 6.09 Å². The number of hydrogen-bond donors (Lipinski definition) is 1. The zero-order valence-electron chi connectivity index (χ0n) is 14.5. The molecule has 1 aromatic heterocycles. The predicted molar refractivity (Wildman–Crippen MR) is 88.0 cm³/mol. The third kappa shape index (κ3) is 7.50. The highest BCUT2D eigenvalue weighted by molar-refractivity contribution is 5.68. The summed E-state index contributed by atoms with van der Waals surface area (Å²) in [5.41, 5.74) is -0.444. The summed E-state index contributed by atoms with van der Waals surface area (Å²) in [6, 6.07) is 4.24. The van der Waals surface area contributed by atoms with E-state index in [1.54, 1.807) is 11.2 Å². The van der Waals surface area contributed by atoms with Gasteiger partial charge in [0.1, 0.15) is 11.4 Å². The van der Waals surface area contributed by atoms with E-state index in [0.717, 1.165) is 25.1 Å². The number of hydrogen-bond acceptors (Lipinski definition) is 4. The maximum Gasteiger partial charge on any atom is 0.410 e. The van der Waals surface area contributed by atoms with Crippen molar-refractivity contribution in [2.45, 2.75) is 59.1 Å². The largest absolute Gasteiger partial charge is 0.469 e. The third-order valence-electron chi connectivity index (χ3n) is 3.22. The van der Waals surface area contributed by atoms with E-state index in [1.807, 2.05) is 39.8 Å². The van der Waals surface area contributed by atoms with Crippen molar-refractivity contribution in [3.8, 4) is 0 Å². The third-order valence-corrected chi connectivity index (χ3v) is 3.22. The van der Waals surface area contributed by atoms with Gasteiger partial charge in [-0.05, 0) is 59.7 Å². The Morgan fingerprint density at radius 2 is 2.18 bits per heavy atom. The SMILES string of the molecule is CCN(CCCNC(C)Cc1ccco1)C(=O)OC(C)(C)C. The summed E-state index contributed by atoms with van der Waals surface area (Å²) in [4.78, 5) is 13.7. The maximum atomic E-state index is 12.0. The van der Waals surface area contributed by atoms with Crippen molar-refractivity contribution >= 4 is 6.09 Å². The lowest BCUT2D eigenvalue weighted by Crippen LogP contribution is -2.38. The average molecular weight is 310 g/mol. The van der Waals surface area contributed by atoms with E-state index in [0.29, 0.717) is 19.1 Å². The van der Waals surface area contributed by atoms with E-state index in [9.17, 15) is 4.79 Å². The molecule has 0 radical (unpaired) electrons. The molecule has 126 valence electrons. The maximum absolute atomic E-state index is 12.0. The molecule has 0 saturated heterocycles. The molecule has 0 spiro atoms. The van der Waals surface area contributed by atoms with Crippen LogP contribution in [0, 0.1) is 0 Å². The quantitative estimate of drug-likeness (QED) is 0.747. The monoisotopic (exact) mass is 310 g/mol. The minimum atomic E-state index is -0.444. The molecule has 0 saturated carbocycles. The van der Waals surface area contributed by atoms with Crippen molar-refractivity contribution in [1.29, 1.82) is 0 Å². The molecule has 1 unspecified atom stereocenters. The van der Waals surface area contributed by atoms with E-state index in [4.69, 9.17) is 9.15 Å². The van der Waals surface area contributed by atoms with E-state index in [2.05, 4.69) is 12.2 Å². The van der Waals surface area contributed by atoms with Crippen LogP contribution in [0.25, 0.3) is 0 Å². The highest BCUT2D eigenvalue weighted by Crippen LogP contribution is 2.10. The molecule has 1 atom stereocenters. The van der Waals surface area contributed by atoms with Gasteiger partial charge in [-0.25, -0.2) is 4.79 Å². The fourth-order valence-electron chi connectivity index (χ4n) is 2.13. The number of nitrogens with one attached hydrogen (secondary N) is 1. The fraction of sp³-hybridized carbons (Fsp3) is 0.706. The summed E-state index contributed by atoms with van der Waals surface area (Å²) in [5, 5.41) is 3.45. The van der Waals surface area contributed by atoms with Gasteiger partial charge in [0, 0.05) is 25.6 Å². The van der Waals surface area contributed by atoms with Crippen LogP contribution in [0.3, 0.4) is 0 Å². The molecule has 1 heterocycles. The van der Waals surface area contributed by atoms with Crippen LogP contribution in [0.2, 0.25) is 0 Å². The Labute approximate surface area is 134 Å². The van der Waals surface area contributed by atoms with Crippen LogP contribution in [0.1, 0.15) is 46.8 Å². The number of nitrogens with zero attached hydrogens (tertiary/aromatic N) is 1. The number of rotatable bonds is 8. The molecule has 0 aliphatic carbocycles. The summed E-state index contributed by atoms with van der Waals surface area (Å²) < 4.78 is 10.7. The lowest BCUT2D eigenvalue weighted by Gasteiger charge is -2.26. The topological polar surface area (TPSA) is 54.7 Å². The number of ether oxygens (including phenoxy) is 1. The van der Waals surface area contributed by atoms with Gasteiger partial charge in [0.05, 0.1) is 6.26 Å². The molecule has 1 rings (SSSR count). The summed E-state index contributed by atoms with van der Waals surface area (Å²) in [7, 11) is 0. The van der Waals surface area contributed by atoms with Crippen LogP contribution < -0.4 is 5.32 Å². The minimum absolute atomic E-state index is 0.237. The first-order chi connectivity index (χ1) is 10.3. The van der Waals surface area contributed by atoms with E-state index >= 15 is 0 Å². The van der Waals surface area contributed by atoms with Gasteiger partial charge in [-0.2, -0.15) is 0 Å². The Morgan fingerprint density at radius 3 is 2.73 bits per heavy atom.